The second-order valence-electron chi connectivity index (χ2n) is 6.05. The van der Waals surface area contributed by atoms with Crippen molar-refractivity contribution in [1.29, 1.82) is 5.26 Å². The number of nitriles is 1. The molecule has 118 valence electrons. The molecule has 1 aliphatic rings. The van der Waals surface area contributed by atoms with Crippen molar-refractivity contribution in [3.05, 3.63) is 28.6 Å². The maximum atomic E-state index is 12.3. The summed E-state index contributed by atoms with van der Waals surface area (Å²) in [4.78, 5) is 12.3. The summed E-state index contributed by atoms with van der Waals surface area (Å²) in [5, 5.41) is 12.3. The molecular weight excluding hydrogens is 274 g/mol. The van der Waals surface area contributed by atoms with Gasteiger partial charge >= 0.3 is 0 Å². The van der Waals surface area contributed by atoms with E-state index in [2.05, 4.69) is 22.9 Å². The lowest BCUT2D eigenvalue weighted by Crippen LogP contribution is -2.36. The molecule has 1 aliphatic carbocycles. The zero-order chi connectivity index (χ0) is 16.1. The van der Waals surface area contributed by atoms with E-state index < -0.39 is 0 Å². The molecule has 0 aliphatic heterocycles. The van der Waals surface area contributed by atoms with Crippen molar-refractivity contribution in [3.8, 4) is 6.07 Å². The Hall–Kier alpha value is -2.02. The van der Waals surface area contributed by atoms with Crippen LogP contribution in [0.25, 0.3) is 6.08 Å². The Kier molecular flexibility index (Phi) is 5.43. The Balaban J connectivity index is 2.16. The van der Waals surface area contributed by atoms with Gasteiger partial charge in [-0.15, -0.1) is 0 Å². The molecule has 0 radical (unpaired) electrons. The number of aryl methyl sites for hydroxylation is 1. The fourth-order valence-corrected chi connectivity index (χ4v) is 3.27. The van der Waals surface area contributed by atoms with Gasteiger partial charge in [-0.3, -0.25) is 4.79 Å². The van der Waals surface area contributed by atoms with Gasteiger partial charge in [0, 0.05) is 24.0 Å². The second kappa shape index (κ2) is 7.31. The predicted octanol–water partition coefficient (Wildman–Crippen LogP) is 3.48. The molecule has 1 saturated carbocycles. The molecule has 2 rings (SSSR count). The Labute approximate surface area is 132 Å². The van der Waals surface area contributed by atoms with Gasteiger partial charge in [0.15, 0.2) is 0 Å². The van der Waals surface area contributed by atoms with Crippen LogP contribution < -0.4 is 5.32 Å². The number of hydrogen-bond donors (Lipinski definition) is 1. The molecule has 0 aromatic carbocycles. The smallest absolute Gasteiger partial charge is 0.262 e. The van der Waals surface area contributed by atoms with Gasteiger partial charge in [0.05, 0.1) is 0 Å². The molecule has 1 fully saturated rings. The van der Waals surface area contributed by atoms with Gasteiger partial charge in [-0.25, -0.2) is 0 Å². The van der Waals surface area contributed by atoms with Crippen molar-refractivity contribution in [2.24, 2.45) is 0 Å². The lowest BCUT2D eigenvalue weighted by Gasteiger charge is -2.22. The summed E-state index contributed by atoms with van der Waals surface area (Å²) >= 11 is 0. The molecule has 1 heterocycles. The van der Waals surface area contributed by atoms with Gasteiger partial charge in [0.1, 0.15) is 11.6 Å². The first-order valence-corrected chi connectivity index (χ1v) is 8.16. The Bertz CT molecular complexity index is 613. The molecule has 1 amide bonds. The van der Waals surface area contributed by atoms with Crippen LogP contribution >= 0.6 is 0 Å². The SMILES string of the molecule is CCn1c(C)cc(/C=C(/C#N)C(=O)NC2CCCCC2)c1C. The molecule has 0 atom stereocenters. The lowest BCUT2D eigenvalue weighted by atomic mass is 9.95. The highest BCUT2D eigenvalue weighted by Crippen LogP contribution is 2.20. The topological polar surface area (TPSA) is 57.8 Å². The third-order valence-corrected chi connectivity index (χ3v) is 4.53. The van der Waals surface area contributed by atoms with Crippen molar-refractivity contribution in [1.82, 2.24) is 9.88 Å². The number of carbonyl (C=O) groups excluding carboxylic acids is 1. The van der Waals surface area contributed by atoms with E-state index in [1.807, 2.05) is 19.9 Å². The van der Waals surface area contributed by atoms with Crippen LogP contribution in [0.5, 0.6) is 0 Å². The first-order chi connectivity index (χ1) is 10.6. The predicted molar refractivity (Wildman–Crippen MR) is 88.2 cm³/mol. The molecule has 1 N–H and O–H groups in total. The molecule has 0 spiro atoms. The summed E-state index contributed by atoms with van der Waals surface area (Å²) in [5.74, 6) is -0.240. The van der Waals surface area contributed by atoms with Crippen LogP contribution in [0, 0.1) is 25.2 Å². The highest BCUT2D eigenvalue weighted by molar-refractivity contribution is 6.02. The summed E-state index contributed by atoms with van der Waals surface area (Å²) in [6.45, 7) is 7.05. The molecule has 22 heavy (non-hydrogen) atoms. The highest BCUT2D eigenvalue weighted by atomic mass is 16.1. The molecule has 1 aromatic heterocycles. The van der Waals surface area contributed by atoms with E-state index in [4.69, 9.17) is 0 Å². The van der Waals surface area contributed by atoms with Gasteiger partial charge in [0.2, 0.25) is 0 Å². The van der Waals surface area contributed by atoms with Crippen LogP contribution in [0.2, 0.25) is 0 Å². The zero-order valence-corrected chi connectivity index (χ0v) is 13.8. The van der Waals surface area contributed by atoms with Crippen LogP contribution in [-0.2, 0) is 11.3 Å². The second-order valence-corrected chi connectivity index (χ2v) is 6.05. The van der Waals surface area contributed by atoms with E-state index in [-0.39, 0.29) is 17.5 Å². The first kappa shape index (κ1) is 16.4. The van der Waals surface area contributed by atoms with Crippen molar-refractivity contribution >= 4 is 12.0 Å². The van der Waals surface area contributed by atoms with Gasteiger partial charge in [-0.05, 0) is 51.3 Å². The maximum Gasteiger partial charge on any atom is 0.262 e. The third kappa shape index (κ3) is 3.59. The standard InChI is InChI=1S/C18H25N3O/c1-4-21-13(2)10-15(14(21)3)11-16(12-19)18(22)20-17-8-6-5-7-9-17/h10-11,17H,4-9H2,1-3H3,(H,20,22)/b16-11-. The maximum absolute atomic E-state index is 12.3. The minimum atomic E-state index is -0.240. The fraction of sp³-hybridized carbons (Fsp3) is 0.556. The molecule has 0 bridgehead atoms. The van der Waals surface area contributed by atoms with E-state index in [9.17, 15) is 10.1 Å². The Morgan fingerprint density at radius 1 is 1.41 bits per heavy atom. The van der Waals surface area contributed by atoms with Gasteiger partial charge in [0.25, 0.3) is 5.91 Å². The number of rotatable bonds is 4. The summed E-state index contributed by atoms with van der Waals surface area (Å²) < 4.78 is 2.18. The highest BCUT2D eigenvalue weighted by Gasteiger charge is 2.18. The third-order valence-electron chi connectivity index (χ3n) is 4.53. The monoisotopic (exact) mass is 299 g/mol. The molecule has 4 heteroatoms. The van der Waals surface area contributed by atoms with Crippen LogP contribution in [0.1, 0.15) is 56.0 Å². The quantitative estimate of drug-likeness (QED) is 0.683. The van der Waals surface area contributed by atoms with Crippen LogP contribution in [0.4, 0.5) is 0 Å². The normalized spacial score (nSPS) is 16.4. The minimum absolute atomic E-state index is 0.196. The zero-order valence-electron chi connectivity index (χ0n) is 13.8. The summed E-state index contributed by atoms with van der Waals surface area (Å²) in [5.41, 5.74) is 3.39. The largest absolute Gasteiger partial charge is 0.349 e. The van der Waals surface area contributed by atoms with E-state index in [0.717, 1.165) is 49.2 Å². The first-order valence-electron chi connectivity index (χ1n) is 8.16. The van der Waals surface area contributed by atoms with Crippen LogP contribution in [0.15, 0.2) is 11.6 Å². The van der Waals surface area contributed by atoms with Crippen molar-refractivity contribution in [2.45, 2.75) is 65.5 Å². The number of nitrogens with zero attached hydrogens (tertiary/aromatic N) is 2. The van der Waals surface area contributed by atoms with E-state index in [1.54, 1.807) is 6.08 Å². The number of aromatic nitrogens is 1. The minimum Gasteiger partial charge on any atom is -0.349 e. The molecule has 1 aromatic rings. The summed E-state index contributed by atoms with van der Waals surface area (Å²) in [6.07, 6.45) is 7.33. The number of carbonyl (C=O) groups is 1. The molecule has 4 nitrogen and oxygen atoms in total. The lowest BCUT2D eigenvalue weighted by molar-refractivity contribution is -0.117. The Morgan fingerprint density at radius 2 is 2.09 bits per heavy atom. The summed E-state index contributed by atoms with van der Waals surface area (Å²) in [7, 11) is 0. The van der Waals surface area contributed by atoms with Gasteiger partial charge < -0.3 is 9.88 Å². The van der Waals surface area contributed by atoms with Crippen LogP contribution in [-0.4, -0.2) is 16.5 Å². The number of hydrogen-bond acceptors (Lipinski definition) is 2. The molecule has 0 saturated heterocycles. The molecular formula is C18H25N3O. The Morgan fingerprint density at radius 3 is 2.64 bits per heavy atom. The van der Waals surface area contributed by atoms with Gasteiger partial charge in [-0.2, -0.15) is 5.26 Å². The van der Waals surface area contributed by atoms with Crippen LogP contribution in [0.3, 0.4) is 0 Å². The number of amides is 1. The van der Waals surface area contributed by atoms with Gasteiger partial charge in [-0.1, -0.05) is 19.3 Å². The average molecular weight is 299 g/mol. The van der Waals surface area contributed by atoms with Crippen molar-refractivity contribution in [2.75, 3.05) is 0 Å². The van der Waals surface area contributed by atoms with E-state index >= 15 is 0 Å². The number of nitrogens with one attached hydrogen (secondary N) is 1. The summed E-state index contributed by atoms with van der Waals surface area (Å²) in [6, 6.07) is 4.31. The fourth-order valence-electron chi connectivity index (χ4n) is 3.27. The van der Waals surface area contributed by atoms with Crippen molar-refractivity contribution < 1.29 is 4.79 Å². The van der Waals surface area contributed by atoms with E-state index in [0.29, 0.717) is 0 Å². The van der Waals surface area contributed by atoms with E-state index in [1.165, 1.54) is 6.42 Å². The molecule has 0 unspecified atom stereocenters. The average Bonchev–Trinajstić information content (AvgIpc) is 2.79. The van der Waals surface area contributed by atoms with Crippen molar-refractivity contribution in [3.63, 3.8) is 0 Å².